The van der Waals surface area contributed by atoms with E-state index in [1.807, 2.05) is 0 Å². The molecule has 7 nitrogen and oxygen atoms in total. The van der Waals surface area contributed by atoms with Crippen molar-refractivity contribution in [1.82, 2.24) is 5.32 Å². The Labute approximate surface area is 189 Å². The van der Waals surface area contributed by atoms with Crippen LogP contribution in [0.25, 0.3) is 0 Å². The summed E-state index contributed by atoms with van der Waals surface area (Å²) in [5, 5.41) is 4.32. The maximum atomic E-state index is 13.2. The van der Waals surface area contributed by atoms with Gasteiger partial charge in [-0.25, -0.2) is 18.5 Å². The lowest BCUT2D eigenvalue weighted by molar-refractivity contribution is -0.119. The monoisotopic (exact) mass is 489 g/mol. The summed E-state index contributed by atoms with van der Waals surface area (Å²) in [4.78, 5) is 46.4. The molecule has 0 spiro atoms. The minimum atomic E-state index is -2.34. The molecule has 4 rings (SSSR count). The highest BCUT2D eigenvalue weighted by Crippen LogP contribution is 2.30. The van der Waals surface area contributed by atoms with Crippen LogP contribution < -0.4 is 15.5 Å². The van der Waals surface area contributed by atoms with Gasteiger partial charge in [0.2, 0.25) is 11.8 Å². The van der Waals surface area contributed by atoms with E-state index in [2.05, 4.69) is 5.32 Å². The van der Waals surface area contributed by atoms with Gasteiger partial charge in [0.05, 0.1) is 18.5 Å². The molecule has 2 aliphatic heterocycles. The van der Waals surface area contributed by atoms with E-state index in [0.29, 0.717) is 22.6 Å². The second kappa shape index (κ2) is 8.78. The quantitative estimate of drug-likeness (QED) is 0.551. The highest BCUT2D eigenvalue weighted by Gasteiger charge is 2.37. The van der Waals surface area contributed by atoms with Crippen molar-refractivity contribution in [3.63, 3.8) is 0 Å². The van der Waals surface area contributed by atoms with Crippen LogP contribution in [0.3, 0.4) is 0 Å². The molecule has 0 saturated heterocycles. The number of amides is 5. The molecule has 0 unspecified atom stereocenters. The van der Waals surface area contributed by atoms with Crippen molar-refractivity contribution in [2.75, 3.05) is 10.2 Å². The number of anilines is 2. The van der Waals surface area contributed by atoms with Crippen LogP contribution in [0.5, 0.6) is 0 Å². The molecule has 2 aromatic carbocycles. The molecular formula is C19H12Cl3F2N3O4. The van der Waals surface area contributed by atoms with Crippen LogP contribution in [0.1, 0.15) is 11.1 Å². The Balaban J connectivity index is 0.000000207. The van der Waals surface area contributed by atoms with Gasteiger partial charge in [0.15, 0.2) is 0 Å². The zero-order chi connectivity index (χ0) is 22.9. The van der Waals surface area contributed by atoms with Gasteiger partial charge in [-0.2, -0.15) is 0 Å². The van der Waals surface area contributed by atoms with E-state index in [-0.39, 0.29) is 23.8 Å². The average Bonchev–Trinajstić information content (AvgIpc) is 3.18. The number of nitrogens with zero attached hydrogens (tertiary/aromatic N) is 1. The van der Waals surface area contributed by atoms with Gasteiger partial charge in [-0.05, 0) is 35.4 Å². The first-order chi connectivity index (χ1) is 14.5. The van der Waals surface area contributed by atoms with Crippen LogP contribution >= 0.6 is 34.8 Å². The van der Waals surface area contributed by atoms with Crippen molar-refractivity contribution in [2.24, 2.45) is 0 Å². The Morgan fingerprint density at radius 3 is 2.23 bits per heavy atom. The number of imide groups is 2. The summed E-state index contributed by atoms with van der Waals surface area (Å²) in [6.07, 6.45) is 0.292. The van der Waals surface area contributed by atoms with Gasteiger partial charge in [-0.3, -0.25) is 19.7 Å². The van der Waals surface area contributed by atoms with E-state index in [1.54, 1.807) is 11.4 Å². The van der Waals surface area contributed by atoms with Crippen LogP contribution in [0.2, 0.25) is 0 Å². The number of urea groups is 1. The number of fused-ring (bicyclic) bond motifs is 2. The summed E-state index contributed by atoms with van der Waals surface area (Å²) < 4.78 is 23.4. The first kappa shape index (κ1) is 22.9. The summed E-state index contributed by atoms with van der Waals surface area (Å²) in [6.45, 7) is 0. The summed E-state index contributed by atoms with van der Waals surface area (Å²) in [6, 6.07) is 6.78. The van der Waals surface area contributed by atoms with Crippen LogP contribution in [-0.4, -0.2) is 27.5 Å². The van der Waals surface area contributed by atoms with E-state index in [4.69, 9.17) is 34.8 Å². The van der Waals surface area contributed by atoms with E-state index < -0.39 is 27.5 Å². The number of benzene rings is 2. The minimum Gasteiger partial charge on any atom is -0.325 e. The molecule has 5 amide bonds. The molecule has 0 aromatic heterocycles. The second-order valence-electron chi connectivity index (χ2n) is 6.46. The predicted octanol–water partition coefficient (Wildman–Crippen LogP) is 3.64. The maximum Gasteiger partial charge on any atom is 0.335 e. The van der Waals surface area contributed by atoms with Gasteiger partial charge < -0.3 is 5.32 Å². The van der Waals surface area contributed by atoms with Gasteiger partial charge >= 0.3 is 6.03 Å². The van der Waals surface area contributed by atoms with Gasteiger partial charge in [0, 0.05) is 5.69 Å². The maximum absolute atomic E-state index is 13.2. The third-order valence-electron chi connectivity index (χ3n) is 4.26. The first-order valence-electron chi connectivity index (χ1n) is 8.57. The standard InChI is InChI=1S/C11H6Cl3FN2O3.C8H6FNO/c12-11(13,14)9(19)16-10(20)17-7-4-6(15)2-1-5(7)3-8(17)18;9-6-2-1-5-3-8(11)10-7(5)4-6/h1-2,4H,3H2,(H,16,19,20);1-2,4H,3H2,(H,10,11). The third kappa shape index (κ3) is 5.30. The molecule has 31 heavy (non-hydrogen) atoms. The van der Waals surface area contributed by atoms with Gasteiger partial charge in [0.1, 0.15) is 11.6 Å². The van der Waals surface area contributed by atoms with Crippen LogP contribution in [0, 0.1) is 11.6 Å². The summed E-state index contributed by atoms with van der Waals surface area (Å²) >= 11 is 15.9. The molecule has 2 aliphatic rings. The zero-order valence-electron chi connectivity index (χ0n) is 15.3. The smallest absolute Gasteiger partial charge is 0.325 e. The SMILES string of the molecule is O=C1Cc2ccc(F)cc2N1.O=C1Cc2ccc(F)cc2N1C(=O)NC(=O)C(Cl)(Cl)Cl. The fraction of sp³-hybridized carbons (Fsp3) is 0.158. The minimum absolute atomic E-state index is 0.0598. The van der Waals surface area contributed by atoms with E-state index in [0.717, 1.165) is 11.6 Å². The lowest BCUT2D eigenvalue weighted by Gasteiger charge is -2.17. The fourth-order valence-corrected chi connectivity index (χ4v) is 3.05. The highest BCUT2D eigenvalue weighted by atomic mass is 35.6. The molecule has 0 radical (unpaired) electrons. The number of hydrogen-bond donors (Lipinski definition) is 2. The molecule has 2 N–H and O–H groups in total. The molecule has 162 valence electrons. The van der Waals surface area contributed by atoms with Crippen LogP contribution in [0.4, 0.5) is 25.0 Å². The number of alkyl halides is 3. The molecule has 0 fully saturated rings. The Morgan fingerprint density at radius 2 is 1.58 bits per heavy atom. The zero-order valence-corrected chi connectivity index (χ0v) is 17.6. The Hall–Kier alpha value is -2.75. The highest BCUT2D eigenvalue weighted by molar-refractivity contribution is 6.76. The lowest BCUT2D eigenvalue weighted by atomic mass is 10.2. The third-order valence-corrected chi connectivity index (χ3v) is 4.77. The fourth-order valence-electron chi connectivity index (χ4n) is 2.90. The summed E-state index contributed by atoms with van der Waals surface area (Å²) in [7, 11) is 0. The predicted molar refractivity (Wildman–Crippen MR) is 110 cm³/mol. The summed E-state index contributed by atoms with van der Waals surface area (Å²) in [5.41, 5.74) is 2.00. The van der Waals surface area contributed by atoms with Gasteiger partial charge in [-0.15, -0.1) is 0 Å². The summed E-state index contributed by atoms with van der Waals surface area (Å²) in [5.74, 6) is -2.81. The number of hydrogen-bond acceptors (Lipinski definition) is 4. The van der Waals surface area contributed by atoms with Crippen molar-refractivity contribution in [1.29, 1.82) is 0 Å². The number of halogens is 5. The molecule has 0 saturated carbocycles. The largest absolute Gasteiger partial charge is 0.335 e. The average molecular weight is 491 g/mol. The van der Waals surface area contributed by atoms with Gasteiger partial charge in [0.25, 0.3) is 9.70 Å². The first-order valence-corrected chi connectivity index (χ1v) is 9.71. The van der Waals surface area contributed by atoms with Crippen LogP contribution in [-0.2, 0) is 27.2 Å². The Morgan fingerprint density at radius 1 is 0.968 bits per heavy atom. The molecule has 0 bridgehead atoms. The topological polar surface area (TPSA) is 95.6 Å². The van der Waals surface area contributed by atoms with E-state index in [9.17, 15) is 28.0 Å². The number of carbonyl (C=O) groups excluding carboxylic acids is 4. The number of rotatable bonds is 0. The van der Waals surface area contributed by atoms with Crippen molar-refractivity contribution in [2.45, 2.75) is 16.6 Å². The molecule has 2 heterocycles. The molecule has 12 heteroatoms. The lowest BCUT2D eigenvalue weighted by Crippen LogP contribution is -2.48. The molecular weight excluding hydrogens is 479 g/mol. The van der Waals surface area contributed by atoms with Gasteiger partial charge in [-0.1, -0.05) is 46.9 Å². The number of carbonyl (C=O) groups is 4. The Kier molecular flexibility index (Phi) is 6.49. The second-order valence-corrected chi connectivity index (χ2v) is 8.74. The number of nitrogens with one attached hydrogen (secondary N) is 2. The van der Waals surface area contributed by atoms with Crippen molar-refractivity contribution >= 4 is 69.9 Å². The van der Waals surface area contributed by atoms with Crippen molar-refractivity contribution in [3.8, 4) is 0 Å². The van der Waals surface area contributed by atoms with Crippen molar-refractivity contribution in [3.05, 3.63) is 59.2 Å². The van der Waals surface area contributed by atoms with Crippen LogP contribution in [0.15, 0.2) is 36.4 Å². The van der Waals surface area contributed by atoms with E-state index >= 15 is 0 Å². The molecule has 2 aromatic rings. The normalized spacial score (nSPS) is 14.3. The van der Waals surface area contributed by atoms with Crippen molar-refractivity contribution < 1.29 is 28.0 Å². The Bertz CT molecular complexity index is 1110. The molecule has 0 aliphatic carbocycles. The molecule has 0 atom stereocenters. The van der Waals surface area contributed by atoms with E-state index in [1.165, 1.54) is 24.3 Å².